The van der Waals surface area contributed by atoms with Gasteiger partial charge in [0.25, 0.3) is 0 Å². The minimum absolute atomic E-state index is 0.182. The predicted molar refractivity (Wildman–Crippen MR) is 115 cm³/mol. The fourth-order valence-electron chi connectivity index (χ4n) is 3.61. The summed E-state index contributed by atoms with van der Waals surface area (Å²) in [5, 5.41) is 5.79. The standard InChI is InChI=1S/C23H29N3O2/c1-15(2)9-10-26-21-7-6-19(14-18(21)5-8-22(26)27)24-23(28)25-20-12-16(3)11-17(4)13-20/h6-7,11-15H,5,8-10H2,1-4H3,(H2,24,25,28). The molecule has 0 unspecified atom stereocenters. The fraction of sp³-hybridized carbons (Fsp3) is 0.391. The Morgan fingerprint density at radius 2 is 1.68 bits per heavy atom. The molecule has 0 radical (unpaired) electrons. The first-order valence-electron chi connectivity index (χ1n) is 9.91. The molecule has 2 aromatic carbocycles. The van der Waals surface area contributed by atoms with Crippen molar-refractivity contribution in [2.75, 3.05) is 22.1 Å². The molecule has 2 aromatic rings. The van der Waals surface area contributed by atoms with Crippen LogP contribution >= 0.6 is 0 Å². The monoisotopic (exact) mass is 379 g/mol. The van der Waals surface area contributed by atoms with E-state index in [-0.39, 0.29) is 11.9 Å². The molecule has 5 nitrogen and oxygen atoms in total. The van der Waals surface area contributed by atoms with Crippen molar-refractivity contribution < 1.29 is 9.59 Å². The molecule has 5 heteroatoms. The average molecular weight is 380 g/mol. The molecule has 148 valence electrons. The Morgan fingerprint density at radius 3 is 2.36 bits per heavy atom. The molecule has 1 aliphatic heterocycles. The summed E-state index contributed by atoms with van der Waals surface area (Å²) in [7, 11) is 0. The van der Waals surface area contributed by atoms with Crippen molar-refractivity contribution in [1.29, 1.82) is 0 Å². The van der Waals surface area contributed by atoms with E-state index in [4.69, 9.17) is 0 Å². The molecule has 0 spiro atoms. The van der Waals surface area contributed by atoms with Crippen molar-refractivity contribution >= 4 is 29.0 Å². The summed E-state index contributed by atoms with van der Waals surface area (Å²) in [6.07, 6.45) is 2.20. The van der Waals surface area contributed by atoms with E-state index in [1.54, 1.807) is 0 Å². The topological polar surface area (TPSA) is 61.4 Å². The number of urea groups is 1. The number of benzene rings is 2. The average Bonchev–Trinajstić information content (AvgIpc) is 2.59. The van der Waals surface area contributed by atoms with Gasteiger partial charge in [0.1, 0.15) is 0 Å². The highest BCUT2D eigenvalue weighted by atomic mass is 16.2. The zero-order valence-corrected chi connectivity index (χ0v) is 17.1. The molecule has 3 amide bonds. The van der Waals surface area contributed by atoms with Crippen molar-refractivity contribution in [3.63, 3.8) is 0 Å². The minimum Gasteiger partial charge on any atom is -0.312 e. The Balaban J connectivity index is 1.70. The Morgan fingerprint density at radius 1 is 1.00 bits per heavy atom. The van der Waals surface area contributed by atoms with E-state index in [9.17, 15) is 9.59 Å². The maximum absolute atomic E-state index is 12.4. The Kier molecular flexibility index (Phi) is 6.02. The third-order valence-corrected chi connectivity index (χ3v) is 4.95. The van der Waals surface area contributed by atoms with Gasteiger partial charge in [-0.2, -0.15) is 0 Å². The minimum atomic E-state index is -0.270. The van der Waals surface area contributed by atoms with Crippen LogP contribution in [0.15, 0.2) is 36.4 Å². The highest BCUT2D eigenvalue weighted by Crippen LogP contribution is 2.31. The molecular weight excluding hydrogens is 350 g/mol. The summed E-state index contributed by atoms with van der Waals surface area (Å²) in [6.45, 7) is 9.08. The van der Waals surface area contributed by atoms with Crippen LogP contribution in [0, 0.1) is 19.8 Å². The van der Waals surface area contributed by atoms with Crippen LogP contribution < -0.4 is 15.5 Å². The normalized spacial score (nSPS) is 13.5. The number of hydrogen-bond acceptors (Lipinski definition) is 2. The van der Waals surface area contributed by atoms with E-state index in [2.05, 4.69) is 30.5 Å². The maximum atomic E-state index is 12.4. The number of carbonyl (C=O) groups excluding carboxylic acids is 2. The van der Waals surface area contributed by atoms with Crippen LogP contribution in [0.4, 0.5) is 21.9 Å². The molecule has 0 aromatic heterocycles. The molecular formula is C23H29N3O2. The van der Waals surface area contributed by atoms with Gasteiger partial charge in [-0.3, -0.25) is 4.79 Å². The van der Waals surface area contributed by atoms with Crippen LogP contribution in [-0.4, -0.2) is 18.5 Å². The molecule has 0 saturated heterocycles. The number of rotatable bonds is 5. The van der Waals surface area contributed by atoms with Crippen LogP contribution in [0.2, 0.25) is 0 Å². The number of hydrogen-bond donors (Lipinski definition) is 2. The van der Waals surface area contributed by atoms with Crippen molar-refractivity contribution in [3.05, 3.63) is 53.1 Å². The first kappa shape index (κ1) is 19.9. The zero-order chi connectivity index (χ0) is 20.3. The van der Waals surface area contributed by atoms with Gasteiger partial charge >= 0.3 is 6.03 Å². The third kappa shape index (κ3) is 4.91. The van der Waals surface area contributed by atoms with Crippen molar-refractivity contribution in [1.82, 2.24) is 0 Å². The van der Waals surface area contributed by atoms with Crippen LogP contribution in [0.25, 0.3) is 0 Å². The zero-order valence-electron chi connectivity index (χ0n) is 17.1. The number of nitrogens with one attached hydrogen (secondary N) is 2. The second-order valence-electron chi connectivity index (χ2n) is 8.03. The Labute approximate surface area is 167 Å². The van der Waals surface area contributed by atoms with E-state index in [0.717, 1.165) is 46.7 Å². The predicted octanol–water partition coefficient (Wildman–Crippen LogP) is 5.27. The number of carbonyl (C=O) groups is 2. The summed E-state index contributed by atoms with van der Waals surface area (Å²) in [4.78, 5) is 26.6. The van der Waals surface area contributed by atoms with Gasteiger partial charge in [-0.15, -0.1) is 0 Å². The van der Waals surface area contributed by atoms with Crippen LogP contribution in [0.3, 0.4) is 0 Å². The highest BCUT2D eigenvalue weighted by molar-refractivity contribution is 6.01. The van der Waals surface area contributed by atoms with Gasteiger partial charge < -0.3 is 15.5 Å². The fourth-order valence-corrected chi connectivity index (χ4v) is 3.61. The van der Waals surface area contributed by atoms with E-state index in [1.165, 1.54) is 0 Å². The van der Waals surface area contributed by atoms with Gasteiger partial charge in [0.2, 0.25) is 5.91 Å². The van der Waals surface area contributed by atoms with Crippen molar-refractivity contribution in [2.24, 2.45) is 5.92 Å². The largest absolute Gasteiger partial charge is 0.323 e. The lowest BCUT2D eigenvalue weighted by molar-refractivity contribution is -0.118. The lowest BCUT2D eigenvalue weighted by Crippen LogP contribution is -2.36. The number of nitrogens with zero attached hydrogens (tertiary/aromatic N) is 1. The smallest absolute Gasteiger partial charge is 0.312 e. The van der Waals surface area contributed by atoms with Gasteiger partial charge in [0, 0.05) is 30.0 Å². The maximum Gasteiger partial charge on any atom is 0.323 e. The first-order chi connectivity index (χ1) is 13.3. The molecule has 3 rings (SSSR count). The molecule has 0 bridgehead atoms. The lowest BCUT2D eigenvalue weighted by atomic mass is 9.99. The van der Waals surface area contributed by atoms with Crippen molar-refractivity contribution in [3.8, 4) is 0 Å². The second-order valence-corrected chi connectivity index (χ2v) is 8.03. The molecule has 1 heterocycles. The summed E-state index contributed by atoms with van der Waals surface area (Å²) in [5.74, 6) is 0.731. The molecule has 2 N–H and O–H groups in total. The molecule has 0 atom stereocenters. The number of aryl methyl sites for hydroxylation is 3. The van der Waals surface area contributed by atoms with E-state index in [0.29, 0.717) is 18.8 Å². The molecule has 0 aliphatic carbocycles. The van der Waals surface area contributed by atoms with Gasteiger partial charge in [0.05, 0.1) is 0 Å². The molecule has 1 aliphatic rings. The second kappa shape index (κ2) is 8.46. The van der Waals surface area contributed by atoms with Crippen LogP contribution in [0.5, 0.6) is 0 Å². The number of amides is 3. The molecule has 0 saturated carbocycles. The summed E-state index contributed by atoms with van der Waals surface area (Å²) >= 11 is 0. The van der Waals surface area contributed by atoms with E-state index in [1.807, 2.05) is 49.1 Å². The molecule has 0 fully saturated rings. The SMILES string of the molecule is Cc1cc(C)cc(NC(=O)Nc2ccc3c(c2)CCC(=O)N3CCC(C)C)c1. The van der Waals surface area contributed by atoms with Gasteiger partial charge in [-0.25, -0.2) is 4.79 Å². The lowest BCUT2D eigenvalue weighted by Gasteiger charge is -2.30. The summed E-state index contributed by atoms with van der Waals surface area (Å²) < 4.78 is 0. The van der Waals surface area contributed by atoms with E-state index < -0.39 is 0 Å². The van der Waals surface area contributed by atoms with Gasteiger partial charge in [-0.1, -0.05) is 19.9 Å². The van der Waals surface area contributed by atoms with Gasteiger partial charge in [-0.05, 0) is 79.6 Å². The number of fused-ring (bicyclic) bond motifs is 1. The van der Waals surface area contributed by atoms with Crippen LogP contribution in [0.1, 0.15) is 43.4 Å². The van der Waals surface area contributed by atoms with E-state index >= 15 is 0 Å². The Hall–Kier alpha value is -2.82. The molecule has 28 heavy (non-hydrogen) atoms. The number of anilines is 3. The first-order valence-corrected chi connectivity index (χ1v) is 9.91. The summed E-state index contributed by atoms with van der Waals surface area (Å²) in [5.41, 5.74) is 5.80. The van der Waals surface area contributed by atoms with Crippen LogP contribution in [-0.2, 0) is 11.2 Å². The third-order valence-electron chi connectivity index (χ3n) is 4.95. The quantitative estimate of drug-likeness (QED) is 0.743. The summed E-state index contributed by atoms with van der Waals surface area (Å²) in [6, 6.07) is 11.5. The van der Waals surface area contributed by atoms with Crippen molar-refractivity contribution in [2.45, 2.75) is 47.0 Å². The highest BCUT2D eigenvalue weighted by Gasteiger charge is 2.24. The Bertz CT molecular complexity index is 869. The van der Waals surface area contributed by atoms with Gasteiger partial charge in [0.15, 0.2) is 0 Å².